The lowest BCUT2D eigenvalue weighted by molar-refractivity contribution is -0.00587. The molecule has 0 radical (unpaired) electrons. The van der Waals surface area contributed by atoms with E-state index in [2.05, 4.69) is 62.3 Å². The molecule has 9 unspecified atom stereocenters. The number of hydrogen-bond donors (Lipinski definition) is 0. The maximum absolute atomic E-state index is 2.81. The summed E-state index contributed by atoms with van der Waals surface area (Å²) in [5.74, 6) is 6.51. The van der Waals surface area contributed by atoms with Crippen molar-refractivity contribution in [2.75, 3.05) is 0 Å². The molecule has 0 aromatic carbocycles. The minimum atomic E-state index is 0.511. The second-order valence-electron chi connectivity index (χ2n) is 15.1. The molecule has 3 rings (SSSR count). The molecule has 3 aliphatic rings. The van der Waals surface area contributed by atoms with E-state index in [1.807, 2.05) is 0 Å². The minimum absolute atomic E-state index is 0.511. The van der Waals surface area contributed by atoms with Crippen LogP contribution >= 0.6 is 0 Å². The molecule has 0 nitrogen and oxygen atoms in total. The van der Waals surface area contributed by atoms with Crippen LogP contribution in [-0.2, 0) is 0 Å². The highest BCUT2D eigenvalue weighted by Gasteiger charge is 2.63. The topological polar surface area (TPSA) is 0 Å². The quantitative estimate of drug-likeness (QED) is 0.250. The molecule has 0 saturated heterocycles. The van der Waals surface area contributed by atoms with Crippen molar-refractivity contribution in [3.05, 3.63) is 0 Å². The van der Waals surface area contributed by atoms with Gasteiger partial charge in [0.2, 0.25) is 0 Å². The zero-order valence-electron chi connectivity index (χ0n) is 26.6. The lowest BCUT2D eigenvalue weighted by atomic mass is 9.55. The van der Waals surface area contributed by atoms with Gasteiger partial charge >= 0.3 is 0 Å². The highest BCUT2D eigenvalue weighted by Crippen LogP contribution is 2.72. The fourth-order valence-corrected chi connectivity index (χ4v) is 11.3. The number of hydrogen-bond acceptors (Lipinski definition) is 0. The lowest BCUT2D eigenvalue weighted by Crippen LogP contribution is -2.41. The minimum Gasteiger partial charge on any atom is -0.0654 e. The summed E-state index contributed by atoms with van der Waals surface area (Å²) >= 11 is 0. The fourth-order valence-electron chi connectivity index (χ4n) is 11.3. The SMILES string of the molecule is CCCC(CC(CC)CC)C(CC)C(C)C1(C)CC2C(CC)C3(CCCCCCC2(C)C3)C(CC)C1. The van der Waals surface area contributed by atoms with Gasteiger partial charge < -0.3 is 0 Å². The van der Waals surface area contributed by atoms with Gasteiger partial charge in [-0.15, -0.1) is 0 Å². The molecule has 3 aliphatic carbocycles. The Kier molecular flexibility index (Phi) is 10.9. The Labute approximate surface area is 228 Å². The van der Waals surface area contributed by atoms with E-state index in [1.165, 1.54) is 96.3 Å². The third kappa shape index (κ3) is 5.79. The maximum atomic E-state index is 2.81. The van der Waals surface area contributed by atoms with Gasteiger partial charge in [-0.1, -0.05) is 133 Å². The van der Waals surface area contributed by atoms with Crippen molar-refractivity contribution in [1.82, 2.24) is 0 Å². The third-order valence-corrected chi connectivity index (χ3v) is 13.4. The average molecular weight is 501 g/mol. The molecule has 3 saturated carbocycles. The summed E-state index contributed by atoms with van der Waals surface area (Å²) in [5.41, 5.74) is 1.75. The summed E-state index contributed by atoms with van der Waals surface area (Å²) in [7, 11) is 0. The van der Waals surface area contributed by atoms with Crippen LogP contribution in [0.3, 0.4) is 0 Å². The van der Waals surface area contributed by atoms with Crippen molar-refractivity contribution < 1.29 is 0 Å². The summed E-state index contributed by atoms with van der Waals surface area (Å²) in [6.45, 7) is 23.4. The van der Waals surface area contributed by atoms with Crippen LogP contribution in [0.25, 0.3) is 0 Å². The van der Waals surface area contributed by atoms with Crippen molar-refractivity contribution in [2.24, 2.45) is 57.7 Å². The molecule has 212 valence electrons. The summed E-state index contributed by atoms with van der Waals surface area (Å²) in [4.78, 5) is 0. The van der Waals surface area contributed by atoms with Gasteiger partial charge in [0.15, 0.2) is 0 Å². The molecule has 0 heteroatoms. The van der Waals surface area contributed by atoms with Gasteiger partial charge in [-0.2, -0.15) is 0 Å². The monoisotopic (exact) mass is 501 g/mol. The summed E-state index contributed by atoms with van der Waals surface area (Å²) < 4.78 is 0. The van der Waals surface area contributed by atoms with Crippen molar-refractivity contribution in [3.63, 3.8) is 0 Å². The molecule has 0 aromatic heterocycles. The first kappa shape index (κ1) is 30.5. The highest BCUT2D eigenvalue weighted by atomic mass is 14.7. The molecule has 9 atom stereocenters. The molecule has 0 N–H and O–H groups in total. The summed E-state index contributed by atoms with van der Waals surface area (Å²) in [6.07, 6.45) is 25.0. The normalized spacial score (nSPS) is 39.7. The van der Waals surface area contributed by atoms with E-state index in [0.717, 1.165) is 41.4 Å². The standard InChI is InChI=1S/C36H68/c1-10-20-29(23-28(11-2)12-3)31(14-5)27(7)35(9)24-30(13-4)36-22-19-17-16-18-21-34(8,26-36)33(25-35)32(36)15-6/h27-33H,10-26H2,1-9H3. The van der Waals surface area contributed by atoms with Gasteiger partial charge in [0, 0.05) is 0 Å². The first-order chi connectivity index (χ1) is 17.2. The zero-order chi connectivity index (χ0) is 26.6. The molecule has 0 aromatic rings. The van der Waals surface area contributed by atoms with Gasteiger partial charge in [0.1, 0.15) is 0 Å². The Hall–Kier alpha value is 0. The Balaban J connectivity index is 2.00. The largest absolute Gasteiger partial charge is 0.0654 e. The molecule has 36 heavy (non-hydrogen) atoms. The van der Waals surface area contributed by atoms with Crippen molar-refractivity contribution in [3.8, 4) is 0 Å². The molecule has 3 fully saturated rings. The van der Waals surface area contributed by atoms with Crippen LogP contribution in [0.1, 0.15) is 171 Å². The first-order valence-corrected chi connectivity index (χ1v) is 17.2. The zero-order valence-corrected chi connectivity index (χ0v) is 26.6. The van der Waals surface area contributed by atoms with E-state index in [4.69, 9.17) is 0 Å². The van der Waals surface area contributed by atoms with E-state index >= 15 is 0 Å². The van der Waals surface area contributed by atoms with Crippen LogP contribution in [0, 0.1) is 57.7 Å². The molecule has 0 aliphatic heterocycles. The molecule has 0 heterocycles. The smallest absolute Gasteiger partial charge is 0.0233 e. The van der Waals surface area contributed by atoms with Crippen molar-refractivity contribution in [1.29, 1.82) is 0 Å². The maximum Gasteiger partial charge on any atom is -0.0233 e. The van der Waals surface area contributed by atoms with Crippen molar-refractivity contribution in [2.45, 2.75) is 171 Å². The van der Waals surface area contributed by atoms with Gasteiger partial charge in [0.25, 0.3) is 0 Å². The Bertz CT molecular complexity index is 646. The van der Waals surface area contributed by atoms with E-state index in [0.29, 0.717) is 16.2 Å². The molecule has 3 bridgehead atoms. The third-order valence-electron chi connectivity index (χ3n) is 13.4. The second-order valence-corrected chi connectivity index (χ2v) is 15.1. The lowest BCUT2D eigenvalue weighted by Gasteiger charge is -2.50. The molecule has 0 amide bonds. The van der Waals surface area contributed by atoms with E-state index < -0.39 is 0 Å². The van der Waals surface area contributed by atoms with Gasteiger partial charge in [0.05, 0.1) is 0 Å². The van der Waals surface area contributed by atoms with Crippen LogP contribution in [-0.4, -0.2) is 0 Å². The van der Waals surface area contributed by atoms with Crippen LogP contribution in [0.5, 0.6) is 0 Å². The van der Waals surface area contributed by atoms with Crippen LogP contribution < -0.4 is 0 Å². The Morgan fingerprint density at radius 2 is 1.44 bits per heavy atom. The van der Waals surface area contributed by atoms with Crippen LogP contribution in [0.2, 0.25) is 0 Å². The molecular formula is C36H68. The predicted molar refractivity (Wildman–Crippen MR) is 161 cm³/mol. The van der Waals surface area contributed by atoms with Gasteiger partial charge in [-0.05, 0) is 96.2 Å². The fraction of sp³-hybridized carbons (Fsp3) is 1.00. The van der Waals surface area contributed by atoms with Crippen molar-refractivity contribution >= 4 is 0 Å². The van der Waals surface area contributed by atoms with Crippen LogP contribution in [0.15, 0.2) is 0 Å². The molecule has 1 spiro atoms. The second kappa shape index (κ2) is 12.9. The summed E-state index contributed by atoms with van der Waals surface area (Å²) in [6, 6.07) is 0. The predicted octanol–water partition coefficient (Wildman–Crippen LogP) is 12.1. The number of rotatable bonds is 12. The molecular weight excluding hydrogens is 432 g/mol. The Morgan fingerprint density at radius 3 is 2.00 bits per heavy atom. The first-order valence-electron chi connectivity index (χ1n) is 17.2. The van der Waals surface area contributed by atoms with E-state index in [1.54, 1.807) is 12.8 Å². The average Bonchev–Trinajstić information content (AvgIpc) is 3.08. The van der Waals surface area contributed by atoms with E-state index in [-0.39, 0.29) is 0 Å². The van der Waals surface area contributed by atoms with Crippen LogP contribution in [0.4, 0.5) is 0 Å². The number of fused-ring (bicyclic) bond motifs is 3. The van der Waals surface area contributed by atoms with E-state index in [9.17, 15) is 0 Å². The summed E-state index contributed by atoms with van der Waals surface area (Å²) in [5, 5.41) is 0. The Morgan fingerprint density at radius 1 is 0.778 bits per heavy atom. The van der Waals surface area contributed by atoms with Gasteiger partial charge in [-0.3, -0.25) is 0 Å². The van der Waals surface area contributed by atoms with Gasteiger partial charge in [-0.25, -0.2) is 0 Å². The highest BCUT2D eigenvalue weighted by molar-refractivity contribution is 5.13.